The SMILES string of the molecule is CC(C)(C)OC(=O)N1CCCC1(C=O)C1CCCCC1. The lowest BCUT2D eigenvalue weighted by molar-refractivity contribution is -0.121. The van der Waals surface area contributed by atoms with Gasteiger partial charge in [0, 0.05) is 6.54 Å². The van der Waals surface area contributed by atoms with Crippen LogP contribution < -0.4 is 0 Å². The topological polar surface area (TPSA) is 46.6 Å². The molecule has 4 nitrogen and oxygen atoms in total. The zero-order valence-corrected chi connectivity index (χ0v) is 13.0. The second-order valence-electron chi connectivity index (χ2n) is 7.18. The molecule has 0 spiro atoms. The average Bonchev–Trinajstić information content (AvgIpc) is 2.83. The number of hydrogen-bond donors (Lipinski definition) is 0. The maximum atomic E-state index is 12.4. The molecule has 0 N–H and O–H groups in total. The Morgan fingerprint density at radius 1 is 1.20 bits per heavy atom. The largest absolute Gasteiger partial charge is 0.444 e. The molecule has 2 rings (SSSR count). The summed E-state index contributed by atoms with van der Waals surface area (Å²) in [6, 6.07) is 0. The van der Waals surface area contributed by atoms with E-state index in [-0.39, 0.29) is 6.09 Å². The molecule has 0 aromatic carbocycles. The Morgan fingerprint density at radius 2 is 1.85 bits per heavy atom. The summed E-state index contributed by atoms with van der Waals surface area (Å²) in [6.45, 7) is 6.24. The first-order chi connectivity index (χ1) is 9.39. The Kier molecular flexibility index (Phi) is 4.40. The molecule has 1 aliphatic carbocycles. The van der Waals surface area contributed by atoms with E-state index in [4.69, 9.17) is 4.74 Å². The molecule has 1 saturated carbocycles. The standard InChI is InChI=1S/C16H27NO3/c1-15(2,3)20-14(19)17-11-7-10-16(17,12-18)13-8-5-4-6-9-13/h12-13H,4-11H2,1-3H3. The molecule has 1 heterocycles. The molecule has 1 aliphatic heterocycles. The Morgan fingerprint density at radius 3 is 2.40 bits per heavy atom. The highest BCUT2D eigenvalue weighted by Crippen LogP contribution is 2.42. The third-order valence-electron chi connectivity index (χ3n) is 4.59. The fraction of sp³-hybridized carbons (Fsp3) is 0.875. The third-order valence-corrected chi connectivity index (χ3v) is 4.59. The number of carbonyl (C=O) groups excluding carboxylic acids is 2. The molecule has 0 aromatic heterocycles. The number of nitrogens with zero attached hydrogens (tertiary/aromatic N) is 1. The van der Waals surface area contributed by atoms with Crippen LogP contribution in [0, 0.1) is 5.92 Å². The van der Waals surface area contributed by atoms with Crippen molar-refractivity contribution in [2.24, 2.45) is 5.92 Å². The number of carbonyl (C=O) groups is 2. The fourth-order valence-electron chi connectivity index (χ4n) is 3.69. The van der Waals surface area contributed by atoms with E-state index in [2.05, 4.69) is 0 Å². The van der Waals surface area contributed by atoms with Crippen molar-refractivity contribution < 1.29 is 14.3 Å². The number of rotatable bonds is 2. The van der Waals surface area contributed by atoms with Crippen LogP contribution in [0.5, 0.6) is 0 Å². The van der Waals surface area contributed by atoms with Gasteiger partial charge in [-0.25, -0.2) is 4.79 Å². The highest BCUT2D eigenvalue weighted by atomic mass is 16.6. The second kappa shape index (κ2) is 5.74. The molecule has 114 valence electrons. The van der Waals surface area contributed by atoms with Gasteiger partial charge < -0.3 is 9.53 Å². The average molecular weight is 281 g/mol. The number of ether oxygens (including phenoxy) is 1. The summed E-state index contributed by atoms with van der Waals surface area (Å²) in [5, 5.41) is 0. The van der Waals surface area contributed by atoms with E-state index in [1.807, 2.05) is 20.8 Å². The lowest BCUT2D eigenvalue weighted by atomic mass is 9.74. The van der Waals surface area contributed by atoms with Gasteiger partial charge in [0.25, 0.3) is 0 Å². The van der Waals surface area contributed by atoms with E-state index in [0.29, 0.717) is 12.5 Å². The first kappa shape index (κ1) is 15.3. The number of aldehydes is 1. The van der Waals surface area contributed by atoms with Gasteiger partial charge in [-0.05, 0) is 52.4 Å². The Labute approximate surface area is 121 Å². The van der Waals surface area contributed by atoms with Gasteiger partial charge in [0.15, 0.2) is 0 Å². The summed E-state index contributed by atoms with van der Waals surface area (Å²) in [6.07, 6.45) is 8.08. The van der Waals surface area contributed by atoms with Crippen molar-refractivity contribution in [3.63, 3.8) is 0 Å². The lowest BCUT2D eigenvalue weighted by Crippen LogP contribution is -2.55. The van der Waals surface area contributed by atoms with Crippen molar-refractivity contribution in [2.75, 3.05) is 6.54 Å². The molecule has 2 aliphatic rings. The zero-order valence-electron chi connectivity index (χ0n) is 13.0. The molecule has 1 saturated heterocycles. The normalized spacial score (nSPS) is 28.4. The lowest BCUT2D eigenvalue weighted by Gasteiger charge is -2.42. The Hall–Kier alpha value is -1.06. The van der Waals surface area contributed by atoms with Crippen molar-refractivity contribution in [3.8, 4) is 0 Å². The predicted molar refractivity (Wildman–Crippen MR) is 77.5 cm³/mol. The van der Waals surface area contributed by atoms with E-state index < -0.39 is 11.1 Å². The van der Waals surface area contributed by atoms with E-state index in [0.717, 1.165) is 32.0 Å². The monoisotopic (exact) mass is 281 g/mol. The van der Waals surface area contributed by atoms with E-state index in [1.165, 1.54) is 19.3 Å². The van der Waals surface area contributed by atoms with Crippen LogP contribution in [0.15, 0.2) is 0 Å². The first-order valence-electron chi connectivity index (χ1n) is 7.86. The number of hydrogen-bond acceptors (Lipinski definition) is 3. The van der Waals surface area contributed by atoms with Crippen molar-refractivity contribution in [1.29, 1.82) is 0 Å². The van der Waals surface area contributed by atoms with Crippen LogP contribution in [0.4, 0.5) is 4.79 Å². The molecule has 4 heteroatoms. The molecule has 2 fully saturated rings. The Bertz CT molecular complexity index is 368. The number of amides is 1. The minimum atomic E-state index is -0.608. The summed E-state index contributed by atoms with van der Waals surface area (Å²) >= 11 is 0. The van der Waals surface area contributed by atoms with E-state index in [9.17, 15) is 9.59 Å². The van der Waals surface area contributed by atoms with Gasteiger partial charge in [0.2, 0.25) is 0 Å². The fourth-order valence-corrected chi connectivity index (χ4v) is 3.69. The van der Waals surface area contributed by atoms with Crippen LogP contribution in [0.25, 0.3) is 0 Å². The van der Waals surface area contributed by atoms with Gasteiger partial charge in [-0.15, -0.1) is 0 Å². The highest BCUT2D eigenvalue weighted by molar-refractivity contribution is 5.78. The summed E-state index contributed by atoms with van der Waals surface area (Å²) in [5.41, 5.74) is -1.12. The van der Waals surface area contributed by atoms with Crippen LogP contribution >= 0.6 is 0 Å². The molecule has 1 unspecified atom stereocenters. The van der Waals surface area contributed by atoms with Gasteiger partial charge in [0.1, 0.15) is 17.4 Å². The molecule has 0 bridgehead atoms. The van der Waals surface area contributed by atoms with Crippen LogP contribution in [-0.4, -0.2) is 35.0 Å². The van der Waals surface area contributed by atoms with Crippen LogP contribution in [0.3, 0.4) is 0 Å². The highest BCUT2D eigenvalue weighted by Gasteiger charge is 2.50. The maximum absolute atomic E-state index is 12.4. The van der Waals surface area contributed by atoms with E-state index in [1.54, 1.807) is 4.90 Å². The van der Waals surface area contributed by atoms with Crippen LogP contribution in [-0.2, 0) is 9.53 Å². The van der Waals surface area contributed by atoms with E-state index >= 15 is 0 Å². The molecular weight excluding hydrogens is 254 g/mol. The van der Waals surface area contributed by atoms with Gasteiger partial charge in [-0.2, -0.15) is 0 Å². The summed E-state index contributed by atoms with van der Waals surface area (Å²) in [4.78, 5) is 26.0. The molecule has 20 heavy (non-hydrogen) atoms. The summed E-state index contributed by atoms with van der Waals surface area (Å²) in [7, 11) is 0. The predicted octanol–water partition coefficient (Wildman–Crippen LogP) is 3.54. The molecule has 0 aromatic rings. The molecule has 1 amide bonds. The van der Waals surface area contributed by atoms with Gasteiger partial charge >= 0.3 is 6.09 Å². The first-order valence-corrected chi connectivity index (χ1v) is 7.86. The van der Waals surface area contributed by atoms with Crippen molar-refractivity contribution in [2.45, 2.75) is 76.9 Å². The van der Waals surface area contributed by atoms with Crippen molar-refractivity contribution >= 4 is 12.4 Å². The second-order valence-corrected chi connectivity index (χ2v) is 7.18. The quantitative estimate of drug-likeness (QED) is 0.727. The minimum absolute atomic E-state index is 0.309. The van der Waals surface area contributed by atoms with Crippen molar-refractivity contribution in [1.82, 2.24) is 4.90 Å². The number of likely N-dealkylation sites (tertiary alicyclic amines) is 1. The smallest absolute Gasteiger partial charge is 0.411 e. The van der Waals surface area contributed by atoms with Crippen LogP contribution in [0.1, 0.15) is 65.7 Å². The van der Waals surface area contributed by atoms with Gasteiger partial charge in [0.05, 0.1) is 0 Å². The van der Waals surface area contributed by atoms with Gasteiger partial charge in [-0.3, -0.25) is 4.90 Å². The molecule has 1 atom stereocenters. The third kappa shape index (κ3) is 2.99. The molecular formula is C16H27NO3. The zero-order chi connectivity index (χ0) is 14.8. The molecule has 0 radical (unpaired) electrons. The summed E-state index contributed by atoms with van der Waals surface area (Å²) < 4.78 is 5.50. The van der Waals surface area contributed by atoms with Crippen molar-refractivity contribution in [3.05, 3.63) is 0 Å². The summed E-state index contributed by atoms with van der Waals surface area (Å²) in [5.74, 6) is 0.309. The van der Waals surface area contributed by atoms with Gasteiger partial charge in [-0.1, -0.05) is 19.3 Å². The van der Waals surface area contributed by atoms with Crippen LogP contribution in [0.2, 0.25) is 0 Å². The minimum Gasteiger partial charge on any atom is -0.444 e. The Balaban J connectivity index is 2.17. The maximum Gasteiger partial charge on any atom is 0.411 e.